The van der Waals surface area contributed by atoms with Gasteiger partial charge in [-0.2, -0.15) is 0 Å². The number of nitrogens with one attached hydrogen (secondary N) is 1. The van der Waals surface area contributed by atoms with Crippen LogP contribution < -0.4 is 11.1 Å². The van der Waals surface area contributed by atoms with E-state index in [0.717, 1.165) is 0 Å². The van der Waals surface area contributed by atoms with Gasteiger partial charge in [0.2, 0.25) is 0 Å². The average Bonchev–Trinajstić information content (AvgIpc) is 2.60. The Morgan fingerprint density at radius 3 is 2.87 bits per heavy atom. The molecular weight excluding hydrogens is 196 g/mol. The maximum Gasteiger partial charge on any atom is 0.254 e. The third kappa shape index (κ3) is 3.38. The van der Waals surface area contributed by atoms with E-state index in [0.29, 0.717) is 11.3 Å². The van der Waals surface area contributed by atoms with E-state index in [-0.39, 0.29) is 12.5 Å². The van der Waals surface area contributed by atoms with Gasteiger partial charge in [-0.05, 0) is 19.9 Å². The van der Waals surface area contributed by atoms with Gasteiger partial charge in [-0.15, -0.1) is 0 Å². The van der Waals surface area contributed by atoms with Crippen LogP contribution in [0.15, 0.2) is 16.7 Å². The highest BCUT2D eigenvalue weighted by atomic mass is 16.3. The molecule has 2 unspecified atom stereocenters. The molecule has 0 saturated carbocycles. The zero-order valence-electron chi connectivity index (χ0n) is 8.86. The van der Waals surface area contributed by atoms with Crippen molar-refractivity contribution >= 4 is 5.91 Å². The van der Waals surface area contributed by atoms with Gasteiger partial charge in [-0.1, -0.05) is 0 Å². The Kier molecular flexibility index (Phi) is 3.88. The molecule has 0 saturated heterocycles. The number of aryl methyl sites for hydroxylation is 1. The Bertz CT molecular complexity index is 333. The van der Waals surface area contributed by atoms with Gasteiger partial charge in [0.15, 0.2) is 0 Å². The molecule has 0 bridgehead atoms. The monoisotopic (exact) mass is 212 g/mol. The number of aliphatic hydroxyl groups is 1. The van der Waals surface area contributed by atoms with Crippen LogP contribution >= 0.6 is 0 Å². The molecule has 0 fully saturated rings. The minimum Gasteiger partial charge on any atom is -0.469 e. The maximum atomic E-state index is 11.5. The Labute approximate surface area is 88.3 Å². The van der Waals surface area contributed by atoms with Gasteiger partial charge in [0.25, 0.3) is 5.91 Å². The van der Waals surface area contributed by atoms with Gasteiger partial charge in [0, 0.05) is 12.6 Å². The van der Waals surface area contributed by atoms with Crippen LogP contribution in [0.5, 0.6) is 0 Å². The highest BCUT2D eigenvalue weighted by Gasteiger charge is 2.12. The number of carbonyl (C=O) groups excluding carboxylic acids is 1. The first kappa shape index (κ1) is 11.7. The summed E-state index contributed by atoms with van der Waals surface area (Å²) in [7, 11) is 0. The van der Waals surface area contributed by atoms with Crippen molar-refractivity contribution in [2.45, 2.75) is 26.0 Å². The van der Waals surface area contributed by atoms with Crippen LogP contribution in [0.4, 0.5) is 0 Å². The number of rotatable bonds is 4. The number of furan rings is 1. The first-order valence-corrected chi connectivity index (χ1v) is 4.77. The number of nitrogens with two attached hydrogens (primary N) is 1. The second kappa shape index (κ2) is 4.95. The van der Waals surface area contributed by atoms with Gasteiger partial charge >= 0.3 is 0 Å². The zero-order valence-corrected chi connectivity index (χ0v) is 8.86. The van der Waals surface area contributed by atoms with Crippen LogP contribution in [-0.4, -0.2) is 29.7 Å². The molecule has 0 aliphatic heterocycles. The maximum absolute atomic E-state index is 11.5. The van der Waals surface area contributed by atoms with Crippen molar-refractivity contribution in [3.8, 4) is 0 Å². The molecule has 1 rings (SSSR count). The SMILES string of the molecule is Cc1cc(C(=O)NCC(N)C(C)O)co1. The molecule has 1 heterocycles. The molecule has 4 N–H and O–H groups in total. The van der Waals surface area contributed by atoms with E-state index >= 15 is 0 Å². The molecule has 0 spiro atoms. The molecule has 5 nitrogen and oxygen atoms in total. The average molecular weight is 212 g/mol. The third-order valence-corrected chi connectivity index (χ3v) is 2.11. The summed E-state index contributed by atoms with van der Waals surface area (Å²) in [5, 5.41) is 11.7. The summed E-state index contributed by atoms with van der Waals surface area (Å²) >= 11 is 0. The van der Waals surface area contributed by atoms with Crippen LogP contribution in [0.25, 0.3) is 0 Å². The summed E-state index contributed by atoms with van der Waals surface area (Å²) < 4.78 is 5.00. The van der Waals surface area contributed by atoms with Crippen molar-refractivity contribution in [1.82, 2.24) is 5.32 Å². The largest absolute Gasteiger partial charge is 0.469 e. The first-order chi connectivity index (χ1) is 7.00. The number of hydrogen-bond donors (Lipinski definition) is 3. The zero-order chi connectivity index (χ0) is 11.4. The molecule has 1 amide bonds. The summed E-state index contributed by atoms with van der Waals surface area (Å²) in [6, 6.07) is 1.19. The lowest BCUT2D eigenvalue weighted by atomic mass is 10.2. The van der Waals surface area contributed by atoms with E-state index in [1.165, 1.54) is 6.26 Å². The van der Waals surface area contributed by atoms with Gasteiger partial charge in [-0.25, -0.2) is 0 Å². The lowest BCUT2D eigenvalue weighted by molar-refractivity contribution is 0.0937. The minimum absolute atomic E-state index is 0.237. The van der Waals surface area contributed by atoms with Crippen molar-refractivity contribution in [2.24, 2.45) is 5.73 Å². The lowest BCUT2D eigenvalue weighted by Gasteiger charge is -2.14. The smallest absolute Gasteiger partial charge is 0.254 e. The summed E-state index contributed by atoms with van der Waals surface area (Å²) in [5.74, 6) is 0.433. The quantitative estimate of drug-likeness (QED) is 0.656. The number of aliphatic hydroxyl groups excluding tert-OH is 1. The lowest BCUT2D eigenvalue weighted by Crippen LogP contribution is -2.43. The van der Waals surface area contributed by atoms with E-state index in [1.54, 1.807) is 19.9 Å². The van der Waals surface area contributed by atoms with Crippen molar-refractivity contribution in [2.75, 3.05) is 6.54 Å². The van der Waals surface area contributed by atoms with E-state index < -0.39 is 12.1 Å². The van der Waals surface area contributed by atoms with E-state index in [9.17, 15) is 4.79 Å². The standard InChI is InChI=1S/C10H16N2O3/c1-6-3-8(5-15-6)10(14)12-4-9(11)7(2)13/h3,5,7,9,13H,4,11H2,1-2H3,(H,12,14). The Hall–Kier alpha value is -1.33. The van der Waals surface area contributed by atoms with E-state index in [2.05, 4.69) is 5.32 Å². The van der Waals surface area contributed by atoms with E-state index in [1.807, 2.05) is 0 Å². The molecular formula is C10H16N2O3. The predicted molar refractivity (Wildman–Crippen MR) is 55.4 cm³/mol. The summed E-state index contributed by atoms with van der Waals surface area (Å²) in [6.45, 7) is 3.58. The van der Waals surface area contributed by atoms with Gasteiger partial charge < -0.3 is 20.6 Å². The predicted octanol–water partition coefficient (Wildman–Crippen LogP) is 0.0259. The van der Waals surface area contributed by atoms with Crippen LogP contribution in [0, 0.1) is 6.92 Å². The molecule has 1 aromatic rings. The Morgan fingerprint density at radius 2 is 2.40 bits per heavy atom. The van der Waals surface area contributed by atoms with Crippen LogP contribution in [0.1, 0.15) is 23.0 Å². The number of hydrogen-bond acceptors (Lipinski definition) is 4. The molecule has 0 aliphatic carbocycles. The molecule has 5 heteroatoms. The normalized spacial score (nSPS) is 14.7. The highest BCUT2D eigenvalue weighted by molar-refractivity contribution is 5.93. The molecule has 1 aromatic heterocycles. The Balaban J connectivity index is 2.43. The fraction of sp³-hybridized carbons (Fsp3) is 0.500. The molecule has 0 radical (unpaired) electrons. The number of amides is 1. The first-order valence-electron chi connectivity index (χ1n) is 4.77. The van der Waals surface area contributed by atoms with Crippen LogP contribution in [-0.2, 0) is 0 Å². The Morgan fingerprint density at radius 1 is 1.73 bits per heavy atom. The summed E-state index contributed by atoms with van der Waals surface area (Å²) in [5.41, 5.74) is 6.02. The fourth-order valence-corrected chi connectivity index (χ4v) is 1.05. The second-order valence-corrected chi connectivity index (χ2v) is 3.56. The topological polar surface area (TPSA) is 88.5 Å². The molecule has 0 aromatic carbocycles. The van der Waals surface area contributed by atoms with Crippen molar-refractivity contribution < 1.29 is 14.3 Å². The second-order valence-electron chi connectivity index (χ2n) is 3.56. The molecule has 15 heavy (non-hydrogen) atoms. The number of carbonyl (C=O) groups is 1. The fourth-order valence-electron chi connectivity index (χ4n) is 1.05. The minimum atomic E-state index is -0.642. The van der Waals surface area contributed by atoms with Gasteiger partial charge in [-0.3, -0.25) is 4.79 Å². The molecule has 2 atom stereocenters. The van der Waals surface area contributed by atoms with Crippen molar-refractivity contribution in [1.29, 1.82) is 0 Å². The van der Waals surface area contributed by atoms with Gasteiger partial charge in [0.1, 0.15) is 12.0 Å². The van der Waals surface area contributed by atoms with Crippen LogP contribution in [0.2, 0.25) is 0 Å². The van der Waals surface area contributed by atoms with Crippen LogP contribution in [0.3, 0.4) is 0 Å². The van der Waals surface area contributed by atoms with Crippen molar-refractivity contribution in [3.63, 3.8) is 0 Å². The summed E-state index contributed by atoms with van der Waals surface area (Å²) in [4.78, 5) is 11.5. The highest BCUT2D eigenvalue weighted by Crippen LogP contribution is 2.05. The van der Waals surface area contributed by atoms with Gasteiger partial charge in [0.05, 0.1) is 11.7 Å². The van der Waals surface area contributed by atoms with Crippen molar-refractivity contribution in [3.05, 3.63) is 23.7 Å². The summed E-state index contributed by atoms with van der Waals surface area (Å²) in [6.07, 6.45) is 0.745. The molecule has 0 aliphatic rings. The van der Waals surface area contributed by atoms with E-state index in [4.69, 9.17) is 15.3 Å². The third-order valence-electron chi connectivity index (χ3n) is 2.11. The molecule has 84 valence electrons.